The molecule has 19 heavy (non-hydrogen) atoms. The fourth-order valence-corrected chi connectivity index (χ4v) is 2.35. The van der Waals surface area contributed by atoms with Crippen LogP contribution < -0.4 is 5.32 Å². The molecule has 0 aliphatic carbocycles. The molecule has 0 bridgehead atoms. The molecule has 1 unspecified atom stereocenters. The van der Waals surface area contributed by atoms with E-state index in [0.717, 1.165) is 0 Å². The predicted molar refractivity (Wildman–Crippen MR) is 68.5 cm³/mol. The lowest BCUT2D eigenvalue weighted by molar-refractivity contribution is -0.139. The lowest BCUT2D eigenvalue weighted by Crippen LogP contribution is -2.58. The van der Waals surface area contributed by atoms with E-state index in [9.17, 15) is 14.4 Å². The van der Waals surface area contributed by atoms with Crippen molar-refractivity contribution in [3.05, 3.63) is 24.0 Å². The van der Waals surface area contributed by atoms with Crippen LogP contribution in [0, 0.1) is 0 Å². The Morgan fingerprint density at radius 1 is 1.47 bits per heavy atom. The molecule has 0 saturated carbocycles. The number of amides is 2. The van der Waals surface area contributed by atoms with Gasteiger partial charge >= 0.3 is 0 Å². The van der Waals surface area contributed by atoms with Crippen LogP contribution >= 0.6 is 0 Å². The Balaban J connectivity index is 2.12. The van der Waals surface area contributed by atoms with Gasteiger partial charge in [-0.3, -0.25) is 24.6 Å². The highest BCUT2D eigenvalue weighted by Gasteiger charge is 2.33. The number of aromatic nitrogens is 1. The molecule has 1 atom stereocenters. The zero-order valence-corrected chi connectivity index (χ0v) is 11.0. The molecule has 1 aliphatic rings. The maximum absolute atomic E-state index is 12.2. The molecule has 0 radical (unpaired) electrons. The van der Waals surface area contributed by atoms with E-state index in [4.69, 9.17) is 0 Å². The average Bonchev–Trinajstić information content (AvgIpc) is 2.75. The maximum atomic E-state index is 12.2. The first-order chi connectivity index (χ1) is 9.02. The van der Waals surface area contributed by atoms with E-state index >= 15 is 0 Å². The van der Waals surface area contributed by atoms with Crippen LogP contribution in [0.4, 0.5) is 0 Å². The molecule has 1 aliphatic heterocycles. The van der Waals surface area contributed by atoms with Gasteiger partial charge in [0.25, 0.3) is 0 Å². The number of nitrogens with one attached hydrogen (secondary N) is 1. The minimum absolute atomic E-state index is 0.0789. The van der Waals surface area contributed by atoms with Gasteiger partial charge in [-0.15, -0.1) is 0 Å². The summed E-state index contributed by atoms with van der Waals surface area (Å²) in [6.45, 7) is 2.02. The number of nitrogens with zero attached hydrogens (tertiary/aromatic N) is 2. The molecule has 1 aromatic rings. The summed E-state index contributed by atoms with van der Waals surface area (Å²) in [7, 11) is 1.79. The van der Waals surface area contributed by atoms with Gasteiger partial charge in [0.1, 0.15) is 0 Å². The Bertz CT molecular complexity index is 521. The Kier molecular flexibility index (Phi) is 3.80. The summed E-state index contributed by atoms with van der Waals surface area (Å²) in [5.41, 5.74) is 0.577. The zero-order valence-electron chi connectivity index (χ0n) is 11.0. The average molecular weight is 263 g/mol. The molecule has 1 saturated heterocycles. The SMILES string of the molecule is CCC1C(=O)NC(=O)CN1CC(=O)c1cccn1C. The third-order valence-corrected chi connectivity index (χ3v) is 3.32. The first kappa shape index (κ1) is 13.5. The van der Waals surface area contributed by atoms with Gasteiger partial charge in [-0.2, -0.15) is 0 Å². The number of rotatable bonds is 4. The number of imide groups is 1. The standard InChI is InChI=1S/C13H17N3O3/c1-3-9-13(19)14-12(18)8-16(9)7-11(17)10-5-4-6-15(10)2/h4-6,9H,3,7-8H2,1-2H3,(H,14,18,19). The molecule has 1 fully saturated rings. The lowest BCUT2D eigenvalue weighted by Gasteiger charge is -2.32. The number of hydrogen-bond acceptors (Lipinski definition) is 4. The Morgan fingerprint density at radius 2 is 2.21 bits per heavy atom. The number of Topliss-reactive ketones (excluding diaryl/α,β-unsaturated/α-hetero) is 1. The number of carbonyl (C=O) groups is 3. The van der Waals surface area contributed by atoms with E-state index < -0.39 is 6.04 Å². The fourth-order valence-electron chi connectivity index (χ4n) is 2.35. The second kappa shape index (κ2) is 5.36. The summed E-state index contributed by atoms with van der Waals surface area (Å²) in [6, 6.07) is 3.11. The molecule has 2 rings (SSSR count). The third kappa shape index (κ3) is 2.73. The van der Waals surface area contributed by atoms with Crippen molar-refractivity contribution in [1.82, 2.24) is 14.8 Å². The largest absolute Gasteiger partial charge is 0.348 e. The van der Waals surface area contributed by atoms with Crippen LogP contribution in [-0.4, -0.2) is 46.2 Å². The van der Waals surface area contributed by atoms with Gasteiger partial charge < -0.3 is 4.57 Å². The Hall–Kier alpha value is -1.95. The Labute approximate surface area is 111 Å². The van der Waals surface area contributed by atoms with Crippen LogP contribution in [0.15, 0.2) is 18.3 Å². The second-order valence-electron chi connectivity index (χ2n) is 4.67. The number of aryl methyl sites for hydroxylation is 1. The van der Waals surface area contributed by atoms with E-state index in [-0.39, 0.29) is 30.7 Å². The molecule has 1 N–H and O–H groups in total. The topological polar surface area (TPSA) is 71.4 Å². The minimum Gasteiger partial charge on any atom is -0.348 e. The summed E-state index contributed by atoms with van der Waals surface area (Å²) >= 11 is 0. The molecule has 1 aromatic heterocycles. The van der Waals surface area contributed by atoms with Crippen molar-refractivity contribution in [3.8, 4) is 0 Å². The number of piperazine rings is 1. The van der Waals surface area contributed by atoms with Crippen molar-refractivity contribution in [1.29, 1.82) is 0 Å². The first-order valence-corrected chi connectivity index (χ1v) is 6.25. The van der Waals surface area contributed by atoms with Gasteiger partial charge in [0, 0.05) is 13.2 Å². The molecule has 6 heteroatoms. The second-order valence-corrected chi connectivity index (χ2v) is 4.67. The molecule has 102 valence electrons. The first-order valence-electron chi connectivity index (χ1n) is 6.25. The van der Waals surface area contributed by atoms with Crippen LogP contribution in [0.25, 0.3) is 0 Å². The zero-order chi connectivity index (χ0) is 14.0. The summed E-state index contributed by atoms with van der Waals surface area (Å²) in [5.74, 6) is -0.763. The summed E-state index contributed by atoms with van der Waals surface area (Å²) in [6.07, 6.45) is 2.36. The van der Waals surface area contributed by atoms with Crippen molar-refractivity contribution in [3.63, 3.8) is 0 Å². The normalized spacial score (nSPS) is 20.4. The quantitative estimate of drug-likeness (QED) is 0.610. The van der Waals surface area contributed by atoms with Gasteiger partial charge in [-0.25, -0.2) is 0 Å². The predicted octanol–water partition coefficient (Wildman–Crippen LogP) is -0.0552. The molecule has 0 spiro atoms. The highest BCUT2D eigenvalue weighted by molar-refractivity contribution is 6.02. The van der Waals surface area contributed by atoms with Crippen LogP contribution in [0.1, 0.15) is 23.8 Å². The van der Waals surface area contributed by atoms with Crippen LogP contribution in [-0.2, 0) is 16.6 Å². The molecule has 2 heterocycles. The van der Waals surface area contributed by atoms with Gasteiger partial charge in [-0.1, -0.05) is 6.92 Å². The van der Waals surface area contributed by atoms with Crippen molar-refractivity contribution in [2.75, 3.05) is 13.1 Å². The van der Waals surface area contributed by atoms with Gasteiger partial charge in [-0.05, 0) is 18.6 Å². The lowest BCUT2D eigenvalue weighted by atomic mass is 10.1. The molecule has 0 aromatic carbocycles. The molecular formula is C13H17N3O3. The van der Waals surface area contributed by atoms with Gasteiger partial charge in [0.2, 0.25) is 11.8 Å². The van der Waals surface area contributed by atoms with E-state index in [1.165, 1.54) is 0 Å². The van der Waals surface area contributed by atoms with E-state index in [2.05, 4.69) is 5.32 Å². The third-order valence-electron chi connectivity index (χ3n) is 3.32. The van der Waals surface area contributed by atoms with Gasteiger partial charge in [0.05, 0.1) is 24.8 Å². The maximum Gasteiger partial charge on any atom is 0.243 e. The molecule has 6 nitrogen and oxygen atoms in total. The van der Waals surface area contributed by atoms with E-state index in [0.29, 0.717) is 12.1 Å². The van der Waals surface area contributed by atoms with Crippen molar-refractivity contribution < 1.29 is 14.4 Å². The number of ketones is 1. The van der Waals surface area contributed by atoms with Gasteiger partial charge in [0.15, 0.2) is 5.78 Å². The molecular weight excluding hydrogens is 246 g/mol. The summed E-state index contributed by atoms with van der Waals surface area (Å²) in [5, 5.41) is 2.29. The van der Waals surface area contributed by atoms with Crippen molar-refractivity contribution in [2.24, 2.45) is 7.05 Å². The molecule has 2 amide bonds. The highest BCUT2D eigenvalue weighted by atomic mass is 16.2. The van der Waals surface area contributed by atoms with Crippen molar-refractivity contribution in [2.45, 2.75) is 19.4 Å². The Morgan fingerprint density at radius 3 is 2.79 bits per heavy atom. The monoisotopic (exact) mass is 263 g/mol. The summed E-state index contributed by atoms with van der Waals surface area (Å²) in [4.78, 5) is 36.9. The smallest absolute Gasteiger partial charge is 0.243 e. The van der Waals surface area contributed by atoms with E-state index in [1.54, 1.807) is 34.8 Å². The minimum atomic E-state index is -0.415. The van der Waals surface area contributed by atoms with Crippen LogP contribution in [0.3, 0.4) is 0 Å². The van der Waals surface area contributed by atoms with E-state index in [1.807, 2.05) is 6.92 Å². The summed E-state index contributed by atoms with van der Waals surface area (Å²) < 4.78 is 1.73. The van der Waals surface area contributed by atoms with Crippen LogP contribution in [0.5, 0.6) is 0 Å². The van der Waals surface area contributed by atoms with Crippen molar-refractivity contribution >= 4 is 17.6 Å². The number of hydrogen-bond donors (Lipinski definition) is 1. The highest BCUT2D eigenvalue weighted by Crippen LogP contribution is 2.11. The van der Waals surface area contributed by atoms with Crippen LogP contribution in [0.2, 0.25) is 0 Å². The number of carbonyl (C=O) groups excluding carboxylic acids is 3. The fraction of sp³-hybridized carbons (Fsp3) is 0.462.